The third-order valence-electron chi connectivity index (χ3n) is 2.46. The largest absolute Gasteiger partial charge is 0.283 e. The molecule has 0 aliphatic rings. The monoisotopic (exact) mass is 270 g/mol. The molecule has 0 radical (unpaired) electrons. The van der Waals surface area contributed by atoms with Crippen LogP contribution in [-0.2, 0) is 10.0 Å². The summed E-state index contributed by atoms with van der Waals surface area (Å²) in [6, 6.07) is 2.35. The minimum Gasteiger partial charge on any atom is -0.280 e. The molecule has 0 saturated heterocycles. The van der Waals surface area contributed by atoms with Crippen molar-refractivity contribution in [2.45, 2.75) is 18.9 Å². The lowest BCUT2D eigenvalue weighted by Gasteiger charge is -2.06. The second kappa shape index (κ2) is 4.37. The third-order valence-corrected chi connectivity index (χ3v) is 3.73. The van der Waals surface area contributed by atoms with Gasteiger partial charge in [0.2, 0.25) is 5.03 Å². The van der Waals surface area contributed by atoms with Gasteiger partial charge >= 0.3 is 0 Å². The van der Waals surface area contributed by atoms with Crippen LogP contribution in [0, 0.1) is 19.7 Å². The Bertz CT molecular complexity index is 681. The second-order valence-corrected chi connectivity index (χ2v) is 5.32. The summed E-state index contributed by atoms with van der Waals surface area (Å²) < 4.78 is 39.4. The summed E-state index contributed by atoms with van der Waals surface area (Å²) in [7, 11) is -4.07. The Morgan fingerprint density at radius 3 is 2.67 bits per heavy atom. The molecule has 0 fully saturated rings. The Kier molecular flexibility index (Phi) is 3.04. The number of sulfonamides is 1. The lowest BCUT2D eigenvalue weighted by Crippen LogP contribution is -2.17. The Hall–Kier alpha value is -1.96. The van der Waals surface area contributed by atoms with E-state index < -0.39 is 20.9 Å². The fourth-order valence-electron chi connectivity index (χ4n) is 1.33. The van der Waals surface area contributed by atoms with Crippen molar-refractivity contribution in [3.05, 3.63) is 35.4 Å². The number of halogens is 1. The van der Waals surface area contributed by atoms with Crippen LogP contribution >= 0.6 is 0 Å². The molecule has 0 aliphatic heterocycles. The minimum atomic E-state index is -4.07. The van der Waals surface area contributed by atoms with Crippen molar-refractivity contribution in [3.63, 3.8) is 0 Å². The molecular weight excluding hydrogens is 259 g/mol. The van der Waals surface area contributed by atoms with Crippen molar-refractivity contribution >= 4 is 15.8 Å². The number of anilines is 1. The SMILES string of the molecule is Cc1[nH]nc(NS(=O)(=O)c2ncccc2F)c1C. The summed E-state index contributed by atoms with van der Waals surface area (Å²) >= 11 is 0. The van der Waals surface area contributed by atoms with E-state index in [1.807, 2.05) is 0 Å². The van der Waals surface area contributed by atoms with E-state index in [0.29, 0.717) is 5.56 Å². The molecule has 8 heteroatoms. The fraction of sp³-hybridized carbons (Fsp3) is 0.200. The van der Waals surface area contributed by atoms with Gasteiger partial charge in [0.15, 0.2) is 11.6 Å². The molecule has 18 heavy (non-hydrogen) atoms. The van der Waals surface area contributed by atoms with Gasteiger partial charge in [0.1, 0.15) is 0 Å². The Morgan fingerprint density at radius 2 is 2.11 bits per heavy atom. The number of nitrogens with one attached hydrogen (secondary N) is 2. The smallest absolute Gasteiger partial charge is 0.280 e. The number of H-pyrrole nitrogens is 1. The molecule has 96 valence electrons. The first-order valence-corrected chi connectivity index (χ1v) is 6.55. The standard InChI is InChI=1S/C10H11FN4O2S/c1-6-7(2)13-14-9(6)15-18(16,17)10-8(11)4-3-5-12-10/h3-5H,1-2H3,(H2,13,14,15). The molecule has 2 heterocycles. The lowest BCUT2D eigenvalue weighted by molar-refractivity contribution is 0.556. The van der Waals surface area contributed by atoms with Gasteiger partial charge in [0.25, 0.3) is 10.0 Å². The maximum atomic E-state index is 13.4. The first kappa shape index (κ1) is 12.5. The molecule has 2 N–H and O–H groups in total. The van der Waals surface area contributed by atoms with Crippen LogP contribution in [0.4, 0.5) is 10.2 Å². The summed E-state index contributed by atoms with van der Waals surface area (Å²) in [6.07, 6.45) is 1.21. The lowest BCUT2D eigenvalue weighted by atomic mass is 10.3. The number of aryl methyl sites for hydroxylation is 1. The molecule has 0 amide bonds. The molecule has 0 aliphatic carbocycles. The van der Waals surface area contributed by atoms with Gasteiger partial charge < -0.3 is 0 Å². The molecule has 0 unspecified atom stereocenters. The molecule has 2 rings (SSSR count). The molecule has 0 aromatic carbocycles. The van der Waals surface area contributed by atoms with E-state index >= 15 is 0 Å². The molecule has 2 aromatic rings. The molecule has 0 saturated carbocycles. The van der Waals surface area contributed by atoms with E-state index in [1.54, 1.807) is 13.8 Å². The molecule has 0 spiro atoms. The van der Waals surface area contributed by atoms with Gasteiger partial charge in [-0.05, 0) is 26.0 Å². The highest BCUT2D eigenvalue weighted by Crippen LogP contribution is 2.19. The van der Waals surface area contributed by atoms with Gasteiger partial charge in [-0.1, -0.05) is 0 Å². The van der Waals surface area contributed by atoms with Crippen molar-refractivity contribution in [3.8, 4) is 0 Å². The van der Waals surface area contributed by atoms with Crippen molar-refractivity contribution < 1.29 is 12.8 Å². The summed E-state index contributed by atoms with van der Waals surface area (Å²) in [5, 5.41) is 5.78. The van der Waals surface area contributed by atoms with Crippen LogP contribution in [0.15, 0.2) is 23.4 Å². The maximum Gasteiger partial charge on any atom is 0.283 e. The van der Waals surface area contributed by atoms with E-state index in [1.165, 1.54) is 12.3 Å². The molecular formula is C10H11FN4O2S. The van der Waals surface area contributed by atoms with Gasteiger partial charge in [-0.25, -0.2) is 9.37 Å². The van der Waals surface area contributed by atoms with Gasteiger partial charge in [0.05, 0.1) is 0 Å². The van der Waals surface area contributed by atoms with Crippen LogP contribution in [0.5, 0.6) is 0 Å². The zero-order valence-corrected chi connectivity index (χ0v) is 10.5. The first-order valence-electron chi connectivity index (χ1n) is 5.06. The first-order chi connectivity index (χ1) is 8.42. The van der Waals surface area contributed by atoms with Crippen LogP contribution in [0.25, 0.3) is 0 Å². The van der Waals surface area contributed by atoms with E-state index in [0.717, 1.165) is 11.8 Å². The highest BCUT2D eigenvalue weighted by atomic mass is 32.2. The minimum absolute atomic E-state index is 0.137. The number of hydrogen-bond acceptors (Lipinski definition) is 4. The third kappa shape index (κ3) is 2.19. The van der Waals surface area contributed by atoms with Crippen molar-refractivity contribution in [1.29, 1.82) is 0 Å². The highest BCUT2D eigenvalue weighted by molar-refractivity contribution is 7.92. The van der Waals surface area contributed by atoms with Crippen molar-refractivity contribution in [1.82, 2.24) is 15.2 Å². The van der Waals surface area contributed by atoms with Crippen LogP contribution in [-0.4, -0.2) is 23.6 Å². The summed E-state index contributed by atoms with van der Waals surface area (Å²) in [5.41, 5.74) is 1.38. The second-order valence-electron chi connectivity index (χ2n) is 3.72. The van der Waals surface area contributed by atoms with Gasteiger partial charge in [-0.15, -0.1) is 0 Å². The number of aromatic nitrogens is 3. The van der Waals surface area contributed by atoms with Crippen LogP contribution in [0.1, 0.15) is 11.3 Å². The summed E-state index contributed by atoms with van der Waals surface area (Å²) in [6.45, 7) is 3.45. The average molecular weight is 270 g/mol. The number of nitrogens with zero attached hydrogens (tertiary/aromatic N) is 2. The van der Waals surface area contributed by atoms with E-state index in [2.05, 4.69) is 19.9 Å². The van der Waals surface area contributed by atoms with Crippen molar-refractivity contribution in [2.24, 2.45) is 0 Å². The Morgan fingerprint density at radius 1 is 1.39 bits per heavy atom. The van der Waals surface area contributed by atoms with Crippen LogP contribution in [0.3, 0.4) is 0 Å². The normalized spacial score (nSPS) is 11.5. The van der Waals surface area contributed by atoms with Gasteiger partial charge in [0, 0.05) is 17.5 Å². The van der Waals surface area contributed by atoms with Crippen LogP contribution < -0.4 is 4.72 Å². The summed E-state index contributed by atoms with van der Waals surface area (Å²) in [5.74, 6) is -0.771. The molecule has 0 atom stereocenters. The van der Waals surface area contributed by atoms with Gasteiger partial charge in [-0.2, -0.15) is 13.5 Å². The summed E-state index contributed by atoms with van der Waals surface area (Å²) in [4.78, 5) is 3.52. The average Bonchev–Trinajstić information content (AvgIpc) is 2.61. The molecule has 0 bridgehead atoms. The van der Waals surface area contributed by atoms with E-state index in [-0.39, 0.29) is 5.82 Å². The van der Waals surface area contributed by atoms with E-state index in [9.17, 15) is 12.8 Å². The van der Waals surface area contributed by atoms with Crippen LogP contribution in [0.2, 0.25) is 0 Å². The highest BCUT2D eigenvalue weighted by Gasteiger charge is 2.22. The Balaban J connectivity index is 2.40. The predicted molar refractivity (Wildman–Crippen MR) is 63.1 cm³/mol. The topological polar surface area (TPSA) is 87.7 Å². The maximum absolute atomic E-state index is 13.4. The fourth-order valence-corrected chi connectivity index (χ4v) is 2.40. The number of aromatic amines is 1. The van der Waals surface area contributed by atoms with Crippen molar-refractivity contribution in [2.75, 3.05) is 4.72 Å². The number of hydrogen-bond donors (Lipinski definition) is 2. The quantitative estimate of drug-likeness (QED) is 0.881. The predicted octanol–water partition coefficient (Wildman–Crippen LogP) is 1.36. The zero-order valence-electron chi connectivity index (χ0n) is 9.73. The molecule has 2 aromatic heterocycles. The Labute approximate surface area is 103 Å². The number of pyridine rings is 1. The van der Waals surface area contributed by atoms with Gasteiger partial charge in [-0.3, -0.25) is 9.82 Å². The number of rotatable bonds is 3. The van der Waals surface area contributed by atoms with E-state index in [4.69, 9.17) is 0 Å². The molecule has 6 nitrogen and oxygen atoms in total. The zero-order chi connectivity index (χ0) is 13.3.